The molecule has 2 aromatic rings. The third kappa shape index (κ3) is 5.00. The van der Waals surface area contributed by atoms with Crippen molar-refractivity contribution in [2.45, 2.75) is 20.5 Å². The molecule has 25 heavy (non-hydrogen) atoms. The van der Waals surface area contributed by atoms with Gasteiger partial charge in [-0.3, -0.25) is 0 Å². The molecule has 1 aromatic carbocycles. The van der Waals surface area contributed by atoms with Crippen LogP contribution in [0, 0.1) is 13.8 Å². The van der Waals surface area contributed by atoms with Crippen molar-refractivity contribution in [1.29, 1.82) is 0 Å². The molecule has 9 heteroatoms. The molecule has 2 rings (SSSR count). The van der Waals surface area contributed by atoms with E-state index in [1.165, 1.54) is 32.6 Å². The molecule has 0 saturated carbocycles. The van der Waals surface area contributed by atoms with Crippen LogP contribution in [0.4, 0.5) is 14.7 Å². The van der Waals surface area contributed by atoms with E-state index in [9.17, 15) is 8.78 Å². The molecular weight excluding hydrogens is 334 g/mol. The zero-order valence-corrected chi connectivity index (χ0v) is 14.2. The maximum Gasteiger partial charge on any atom is 0.387 e. The number of ether oxygens (including phenoxy) is 3. The van der Waals surface area contributed by atoms with Crippen LogP contribution in [-0.2, 0) is 0 Å². The summed E-state index contributed by atoms with van der Waals surface area (Å²) < 4.78 is 39.7. The molecule has 0 amide bonds. The predicted molar refractivity (Wildman–Crippen MR) is 88.9 cm³/mol. The molecule has 0 aliphatic rings. The number of hydrogen-bond donors (Lipinski definition) is 1. The zero-order chi connectivity index (χ0) is 18.4. The van der Waals surface area contributed by atoms with Crippen molar-refractivity contribution in [3.63, 3.8) is 0 Å². The van der Waals surface area contributed by atoms with E-state index < -0.39 is 6.61 Å². The van der Waals surface area contributed by atoms with Crippen molar-refractivity contribution in [3.8, 4) is 17.2 Å². The SMILES string of the molecule is COc1cc(/C=N\Nc2nc(C)cc(C)n2)cc(OC)c1OC(F)F. The summed E-state index contributed by atoms with van der Waals surface area (Å²) in [6, 6.07) is 4.83. The fraction of sp³-hybridized carbons (Fsp3) is 0.312. The van der Waals surface area contributed by atoms with Gasteiger partial charge in [0.25, 0.3) is 0 Å². The Morgan fingerprint density at radius 1 is 1.04 bits per heavy atom. The highest BCUT2D eigenvalue weighted by molar-refractivity contribution is 5.82. The van der Waals surface area contributed by atoms with Gasteiger partial charge in [-0.25, -0.2) is 15.4 Å². The molecule has 0 spiro atoms. The van der Waals surface area contributed by atoms with Gasteiger partial charge in [-0.1, -0.05) is 0 Å². The number of anilines is 1. The molecule has 0 unspecified atom stereocenters. The monoisotopic (exact) mass is 352 g/mol. The van der Waals surface area contributed by atoms with Gasteiger partial charge in [-0.2, -0.15) is 13.9 Å². The van der Waals surface area contributed by atoms with E-state index in [-0.39, 0.29) is 17.2 Å². The number of halogens is 2. The fourth-order valence-corrected chi connectivity index (χ4v) is 2.12. The van der Waals surface area contributed by atoms with Gasteiger partial charge in [0.05, 0.1) is 20.4 Å². The van der Waals surface area contributed by atoms with Gasteiger partial charge in [0.1, 0.15) is 0 Å². The number of benzene rings is 1. The summed E-state index contributed by atoms with van der Waals surface area (Å²) in [5, 5.41) is 4.04. The Kier molecular flexibility index (Phi) is 6.04. The fourth-order valence-electron chi connectivity index (χ4n) is 2.12. The number of aromatic nitrogens is 2. The van der Waals surface area contributed by atoms with E-state index in [0.717, 1.165) is 11.4 Å². The van der Waals surface area contributed by atoms with Crippen molar-refractivity contribution in [2.24, 2.45) is 5.10 Å². The highest BCUT2D eigenvalue weighted by atomic mass is 19.3. The first-order valence-electron chi connectivity index (χ1n) is 7.25. The topological polar surface area (TPSA) is 77.9 Å². The molecule has 0 radical (unpaired) electrons. The molecule has 1 N–H and O–H groups in total. The lowest BCUT2D eigenvalue weighted by atomic mass is 10.2. The number of nitrogens with zero attached hydrogens (tertiary/aromatic N) is 3. The lowest BCUT2D eigenvalue weighted by molar-refractivity contribution is -0.0526. The van der Waals surface area contributed by atoms with Crippen LogP contribution in [0.1, 0.15) is 17.0 Å². The molecule has 0 saturated heterocycles. The minimum Gasteiger partial charge on any atom is -0.493 e. The van der Waals surface area contributed by atoms with Gasteiger partial charge in [0.15, 0.2) is 11.5 Å². The number of methoxy groups -OCH3 is 2. The predicted octanol–water partition coefficient (Wildman–Crippen LogP) is 3.16. The maximum atomic E-state index is 12.5. The molecular formula is C16H18F2N4O3. The number of hydrogen-bond acceptors (Lipinski definition) is 7. The van der Waals surface area contributed by atoms with Crippen molar-refractivity contribution in [2.75, 3.05) is 19.6 Å². The van der Waals surface area contributed by atoms with Crippen LogP contribution in [0.25, 0.3) is 0 Å². The van der Waals surface area contributed by atoms with E-state index in [1.54, 1.807) is 0 Å². The van der Waals surface area contributed by atoms with Gasteiger partial charge in [-0.15, -0.1) is 0 Å². The Bertz CT molecular complexity index is 724. The molecule has 1 heterocycles. The first-order chi connectivity index (χ1) is 11.9. The second kappa shape index (κ2) is 8.22. The standard InChI is InChI=1S/C16H18F2N4O3/c1-9-5-10(2)21-16(20-9)22-19-8-11-6-12(23-3)14(25-15(17)18)13(7-11)24-4/h5-8,15H,1-4H3,(H,20,21,22)/b19-8-. The highest BCUT2D eigenvalue weighted by Gasteiger charge is 2.17. The summed E-state index contributed by atoms with van der Waals surface area (Å²) in [6.07, 6.45) is 1.46. The molecule has 0 fully saturated rings. The molecule has 0 aliphatic carbocycles. The first kappa shape index (κ1) is 18.4. The number of nitrogens with one attached hydrogen (secondary N) is 1. The molecule has 1 aromatic heterocycles. The Morgan fingerprint density at radius 3 is 2.08 bits per heavy atom. The minimum atomic E-state index is -2.99. The Hall–Kier alpha value is -2.97. The number of alkyl halides is 2. The van der Waals surface area contributed by atoms with Crippen LogP contribution >= 0.6 is 0 Å². The van der Waals surface area contributed by atoms with Crippen LogP contribution in [0.2, 0.25) is 0 Å². The second-order valence-electron chi connectivity index (χ2n) is 4.98. The van der Waals surface area contributed by atoms with E-state index in [4.69, 9.17) is 9.47 Å². The third-order valence-corrected chi connectivity index (χ3v) is 3.05. The Labute approximate surface area is 143 Å². The normalized spacial score (nSPS) is 11.0. The number of aryl methyl sites for hydroxylation is 2. The van der Waals surface area contributed by atoms with Crippen molar-refractivity contribution in [1.82, 2.24) is 9.97 Å². The molecule has 0 aliphatic heterocycles. The molecule has 0 atom stereocenters. The summed E-state index contributed by atoms with van der Waals surface area (Å²) in [5.41, 5.74) is 4.87. The summed E-state index contributed by atoms with van der Waals surface area (Å²) in [4.78, 5) is 8.38. The molecule has 0 bridgehead atoms. The maximum absolute atomic E-state index is 12.5. The van der Waals surface area contributed by atoms with Crippen LogP contribution in [-0.4, -0.2) is 37.0 Å². The quantitative estimate of drug-likeness (QED) is 0.609. The smallest absolute Gasteiger partial charge is 0.387 e. The van der Waals surface area contributed by atoms with Crippen molar-refractivity contribution in [3.05, 3.63) is 35.2 Å². The zero-order valence-electron chi connectivity index (χ0n) is 14.2. The Morgan fingerprint density at radius 2 is 1.60 bits per heavy atom. The van der Waals surface area contributed by atoms with Crippen LogP contribution in [0.15, 0.2) is 23.3 Å². The average Bonchev–Trinajstić information content (AvgIpc) is 2.54. The lowest BCUT2D eigenvalue weighted by Gasteiger charge is -2.14. The van der Waals surface area contributed by atoms with Crippen LogP contribution in [0.3, 0.4) is 0 Å². The van der Waals surface area contributed by atoms with E-state index in [0.29, 0.717) is 11.5 Å². The highest BCUT2D eigenvalue weighted by Crippen LogP contribution is 2.39. The average molecular weight is 352 g/mol. The largest absolute Gasteiger partial charge is 0.493 e. The van der Waals surface area contributed by atoms with Gasteiger partial charge < -0.3 is 14.2 Å². The summed E-state index contributed by atoms with van der Waals surface area (Å²) in [6.45, 7) is 0.702. The number of rotatable bonds is 7. The van der Waals surface area contributed by atoms with E-state index in [2.05, 4.69) is 25.2 Å². The van der Waals surface area contributed by atoms with Gasteiger partial charge in [0, 0.05) is 17.0 Å². The van der Waals surface area contributed by atoms with Gasteiger partial charge in [-0.05, 0) is 32.0 Å². The molecule has 134 valence electrons. The van der Waals surface area contributed by atoms with Gasteiger partial charge in [0.2, 0.25) is 11.7 Å². The van der Waals surface area contributed by atoms with Crippen molar-refractivity contribution < 1.29 is 23.0 Å². The Balaban J connectivity index is 2.23. The summed E-state index contributed by atoms with van der Waals surface area (Å²) >= 11 is 0. The summed E-state index contributed by atoms with van der Waals surface area (Å²) in [5.74, 6) is 0.376. The summed E-state index contributed by atoms with van der Waals surface area (Å²) in [7, 11) is 2.69. The van der Waals surface area contributed by atoms with Gasteiger partial charge >= 0.3 is 6.61 Å². The number of hydrazone groups is 1. The van der Waals surface area contributed by atoms with Crippen LogP contribution < -0.4 is 19.6 Å². The third-order valence-electron chi connectivity index (χ3n) is 3.05. The first-order valence-corrected chi connectivity index (χ1v) is 7.25. The second-order valence-corrected chi connectivity index (χ2v) is 4.98. The van der Waals surface area contributed by atoms with Crippen molar-refractivity contribution >= 4 is 12.2 Å². The lowest BCUT2D eigenvalue weighted by Crippen LogP contribution is -2.06. The van der Waals surface area contributed by atoms with E-state index in [1.807, 2.05) is 19.9 Å². The van der Waals surface area contributed by atoms with E-state index >= 15 is 0 Å². The van der Waals surface area contributed by atoms with Crippen LogP contribution in [0.5, 0.6) is 17.2 Å². The minimum absolute atomic E-state index is 0.101. The molecule has 7 nitrogen and oxygen atoms in total.